The zero-order chi connectivity index (χ0) is 15.1. The zero-order valence-electron chi connectivity index (χ0n) is 9.67. The van der Waals surface area contributed by atoms with Crippen LogP contribution in [0.2, 0.25) is 0 Å². The van der Waals surface area contributed by atoms with Crippen molar-refractivity contribution in [3.05, 3.63) is 47.3 Å². The van der Waals surface area contributed by atoms with Crippen LogP contribution in [0.1, 0.15) is 11.1 Å². The van der Waals surface area contributed by atoms with Gasteiger partial charge in [-0.3, -0.25) is 5.41 Å². The molecule has 0 saturated carbocycles. The average molecular weight is 290 g/mol. The van der Waals surface area contributed by atoms with Gasteiger partial charge in [-0.25, -0.2) is 13.5 Å². The molecule has 0 aliphatic heterocycles. The predicted octanol–water partition coefficient (Wildman–Crippen LogP) is 2.45. The van der Waals surface area contributed by atoms with Gasteiger partial charge in [0, 0.05) is 11.8 Å². The summed E-state index contributed by atoms with van der Waals surface area (Å²) < 4.78 is 65.1. The lowest BCUT2D eigenvalue weighted by molar-refractivity contribution is -0.137. The van der Waals surface area contributed by atoms with Crippen molar-refractivity contribution < 1.29 is 22.0 Å². The summed E-state index contributed by atoms with van der Waals surface area (Å²) in [5.41, 5.74) is 2.96. The highest BCUT2D eigenvalue weighted by atomic mass is 19.4. The summed E-state index contributed by atoms with van der Waals surface area (Å²) in [6.45, 7) is 0. The normalized spacial score (nSPS) is 11.7. The average Bonchev–Trinajstić information content (AvgIpc) is 2.76. The SMILES string of the molecule is N=C(N)c1cc(F)c(-n2cc(C(F)(F)F)cn2)c(F)c1. The van der Waals surface area contributed by atoms with E-state index >= 15 is 0 Å². The van der Waals surface area contributed by atoms with Gasteiger partial charge in [-0.05, 0) is 12.1 Å². The second kappa shape index (κ2) is 4.58. The highest BCUT2D eigenvalue weighted by Crippen LogP contribution is 2.30. The van der Waals surface area contributed by atoms with Gasteiger partial charge in [0.25, 0.3) is 0 Å². The number of alkyl halides is 3. The molecule has 0 fully saturated rings. The first kappa shape index (κ1) is 14.0. The molecule has 0 aliphatic carbocycles. The van der Waals surface area contributed by atoms with Gasteiger partial charge >= 0.3 is 6.18 Å². The number of hydrogen-bond donors (Lipinski definition) is 2. The van der Waals surface area contributed by atoms with Crippen LogP contribution in [0.15, 0.2) is 24.5 Å². The van der Waals surface area contributed by atoms with E-state index in [-0.39, 0.29) is 5.56 Å². The van der Waals surface area contributed by atoms with Gasteiger partial charge in [0.15, 0.2) is 11.6 Å². The van der Waals surface area contributed by atoms with Gasteiger partial charge in [0.05, 0.1) is 11.8 Å². The van der Waals surface area contributed by atoms with E-state index in [0.717, 1.165) is 12.1 Å². The second-order valence-electron chi connectivity index (χ2n) is 3.87. The van der Waals surface area contributed by atoms with Crippen molar-refractivity contribution >= 4 is 5.84 Å². The lowest BCUT2D eigenvalue weighted by Gasteiger charge is -2.07. The first-order valence-electron chi connectivity index (χ1n) is 5.16. The van der Waals surface area contributed by atoms with Crippen LogP contribution in [0, 0.1) is 17.0 Å². The predicted molar refractivity (Wildman–Crippen MR) is 59.5 cm³/mol. The Hall–Kier alpha value is -2.45. The van der Waals surface area contributed by atoms with E-state index in [1.165, 1.54) is 0 Å². The molecule has 20 heavy (non-hydrogen) atoms. The summed E-state index contributed by atoms with van der Waals surface area (Å²) in [5, 5.41) is 10.3. The van der Waals surface area contributed by atoms with Crippen molar-refractivity contribution in [3.8, 4) is 5.69 Å². The first-order chi connectivity index (χ1) is 9.20. The summed E-state index contributed by atoms with van der Waals surface area (Å²) in [6, 6.07) is 1.49. The number of aromatic nitrogens is 2. The summed E-state index contributed by atoms with van der Waals surface area (Å²) in [6.07, 6.45) is -3.74. The standard InChI is InChI=1S/C11H7F5N4/c12-7-1-5(10(17)18)2-8(13)9(7)20-4-6(3-19-20)11(14,15)16/h1-4H,(H3,17,18). The molecular formula is C11H7F5N4. The molecule has 4 nitrogen and oxygen atoms in total. The number of amidine groups is 1. The Morgan fingerprint density at radius 1 is 1.20 bits per heavy atom. The van der Waals surface area contributed by atoms with E-state index in [4.69, 9.17) is 11.1 Å². The third-order valence-electron chi connectivity index (χ3n) is 2.47. The third-order valence-corrected chi connectivity index (χ3v) is 2.47. The highest BCUT2D eigenvalue weighted by molar-refractivity contribution is 5.95. The summed E-state index contributed by atoms with van der Waals surface area (Å²) in [4.78, 5) is 0. The van der Waals surface area contributed by atoms with Crippen LogP contribution in [0.5, 0.6) is 0 Å². The third kappa shape index (κ3) is 2.46. The van der Waals surface area contributed by atoms with E-state index in [1.807, 2.05) is 0 Å². The molecule has 1 aromatic carbocycles. The quantitative estimate of drug-likeness (QED) is 0.507. The van der Waals surface area contributed by atoms with E-state index in [0.29, 0.717) is 17.1 Å². The maximum atomic E-state index is 13.7. The minimum Gasteiger partial charge on any atom is -0.384 e. The van der Waals surface area contributed by atoms with Crippen molar-refractivity contribution in [1.82, 2.24) is 9.78 Å². The number of halogens is 5. The minimum atomic E-state index is -4.66. The highest BCUT2D eigenvalue weighted by Gasteiger charge is 2.32. The van der Waals surface area contributed by atoms with Gasteiger partial charge in [-0.1, -0.05) is 0 Å². The maximum Gasteiger partial charge on any atom is 0.419 e. The van der Waals surface area contributed by atoms with Crippen LogP contribution in [-0.4, -0.2) is 15.6 Å². The van der Waals surface area contributed by atoms with Gasteiger partial charge in [0.2, 0.25) is 0 Å². The molecule has 9 heteroatoms. The molecule has 0 radical (unpaired) electrons. The Balaban J connectivity index is 2.53. The number of hydrogen-bond acceptors (Lipinski definition) is 2. The molecule has 0 atom stereocenters. The van der Waals surface area contributed by atoms with Crippen LogP contribution < -0.4 is 5.73 Å². The molecule has 0 amide bonds. The van der Waals surface area contributed by atoms with Gasteiger partial charge in [0.1, 0.15) is 11.5 Å². The monoisotopic (exact) mass is 290 g/mol. The fourth-order valence-electron chi connectivity index (χ4n) is 1.53. The molecule has 1 heterocycles. The van der Waals surface area contributed by atoms with Crippen LogP contribution in [0.4, 0.5) is 22.0 Å². The van der Waals surface area contributed by atoms with Crippen molar-refractivity contribution in [1.29, 1.82) is 5.41 Å². The molecule has 2 rings (SSSR count). The van der Waals surface area contributed by atoms with E-state index in [9.17, 15) is 22.0 Å². The lowest BCUT2D eigenvalue weighted by atomic mass is 10.1. The first-order valence-corrected chi connectivity index (χ1v) is 5.16. The van der Waals surface area contributed by atoms with E-state index in [1.54, 1.807) is 0 Å². The molecule has 3 N–H and O–H groups in total. The van der Waals surface area contributed by atoms with Crippen LogP contribution in [0.25, 0.3) is 5.69 Å². The van der Waals surface area contributed by atoms with Crippen LogP contribution in [-0.2, 0) is 6.18 Å². The number of nitrogens with one attached hydrogen (secondary N) is 1. The Morgan fingerprint density at radius 3 is 2.15 bits per heavy atom. The topological polar surface area (TPSA) is 67.7 Å². The number of rotatable bonds is 2. The Bertz CT molecular complexity index is 651. The second-order valence-corrected chi connectivity index (χ2v) is 3.87. The summed E-state index contributed by atoms with van der Waals surface area (Å²) >= 11 is 0. The molecule has 0 unspecified atom stereocenters. The van der Waals surface area contributed by atoms with Crippen molar-refractivity contribution in [2.24, 2.45) is 5.73 Å². The Morgan fingerprint density at radius 2 is 1.75 bits per heavy atom. The number of nitrogens with two attached hydrogens (primary N) is 1. The van der Waals surface area contributed by atoms with Crippen molar-refractivity contribution in [2.75, 3.05) is 0 Å². The molecular weight excluding hydrogens is 283 g/mol. The van der Waals surface area contributed by atoms with Crippen LogP contribution >= 0.6 is 0 Å². The number of benzene rings is 1. The smallest absolute Gasteiger partial charge is 0.384 e. The fourth-order valence-corrected chi connectivity index (χ4v) is 1.53. The van der Waals surface area contributed by atoms with Gasteiger partial charge in [-0.15, -0.1) is 0 Å². The number of nitrogen functional groups attached to an aromatic ring is 1. The van der Waals surface area contributed by atoms with Crippen molar-refractivity contribution in [3.63, 3.8) is 0 Å². The molecule has 106 valence electrons. The minimum absolute atomic E-state index is 0.216. The largest absolute Gasteiger partial charge is 0.419 e. The van der Waals surface area contributed by atoms with Gasteiger partial charge < -0.3 is 5.73 Å². The Labute approximate surface area is 109 Å². The molecule has 2 aromatic rings. The molecule has 1 aromatic heterocycles. The van der Waals surface area contributed by atoms with E-state index < -0.39 is 34.9 Å². The molecule has 0 aliphatic rings. The molecule has 0 saturated heterocycles. The lowest BCUT2D eigenvalue weighted by Crippen LogP contribution is -2.13. The maximum absolute atomic E-state index is 13.7. The number of nitrogens with zero attached hydrogens (tertiary/aromatic N) is 2. The summed E-state index contributed by atoms with van der Waals surface area (Å²) in [5.74, 6) is -2.91. The van der Waals surface area contributed by atoms with E-state index in [2.05, 4.69) is 5.10 Å². The van der Waals surface area contributed by atoms with Crippen LogP contribution in [0.3, 0.4) is 0 Å². The molecule has 0 bridgehead atoms. The Kier molecular flexibility index (Phi) is 3.20. The molecule has 0 spiro atoms. The fraction of sp³-hybridized carbons (Fsp3) is 0.0909. The van der Waals surface area contributed by atoms with Crippen molar-refractivity contribution in [2.45, 2.75) is 6.18 Å². The zero-order valence-corrected chi connectivity index (χ0v) is 9.67. The van der Waals surface area contributed by atoms with Gasteiger partial charge in [-0.2, -0.15) is 18.3 Å². The summed E-state index contributed by atoms with van der Waals surface area (Å²) in [7, 11) is 0.